The fraction of sp³-hybridized carbons (Fsp3) is 0.333. The van der Waals surface area contributed by atoms with E-state index in [1.807, 2.05) is 24.1 Å². The van der Waals surface area contributed by atoms with Gasteiger partial charge in [-0.15, -0.1) is 0 Å². The van der Waals surface area contributed by atoms with Crippen LogP contribution in [-0.4, -0.2) is 28.6 Å². The third-order valence-corrected chi connectivity index (χ3v) is 2.38. The molecule has 0 aliphatic heterocycles. The molecule has 5 heteroatoms. The normalized spacial score (nSPS) is 9.57. The molecule has 0 atom stereocenters. The Morgan fingerprint density at radius 3 is 2.79 bits per heavy atom. The number of hydrazine groups is 1. The van der Waals surface area contributed by atoms with E-state index in [0.29, 0.717) is 5.11 Å². The molecule has 0 spiro atoms. The number of nitrogens with zero attached hydrogens (tertiary/aromatic N) is 2. The van der Waals surface area contributed by atoms with Crippen molar-refractivity contribution in [2.24, 2.45) is 5.84 Å². The van der Waals surface area contributed by atoms with Crippen LogP contribution in [0.1, 0.15) is 5.56 Å². The number of hydrogen-bond acceptors (Lipinski definition) is 3. The summed E-state index contributed by atoms with van der Waals surface area (Å²) in [6, 6.07) is 3.99. The van der Waals surface area contributed by atoms with E-state index in [4.69, 9.17) is 18.1 Å². The van der Waals surface area contributed by atoms with Crippen LogP contribution < -0.4 is 11.3 Å². The van der Waals surface area contributed by atoms with Crippen molar-refractivity contribution in [2.45, 2.75) is 6.42 Å². The molecular weight excluding hydrogens is 196 g/mol. The summed E-state index contributed by atoms with van der Waals surface area (Å²) in [5, 5.41) is 0.555. The summed E-state index contributed by atoms with van der Waals surface area (Å²) in [5.41, 5.74) is 3.69. The van der Waals surface area contributed by atoms with E-state index >= 15 is 0 Å². The predicted molar refractivity (Wildman–Crippen MR) is 60.5 cm³/mol. The fourth-order valence-corrected chi connectivity index (χ4v) is 1.15. The first-order valence-electron chi connectivity index (χ1n) is 4.34. The number of nitrogens with one attached hydrogen (secondary N) is 1. The van der Waals surface area contributed by atoms with Crippen molar-refractivity contribution in [1.29, 1.82) is 0 Å². The van der Waals surface area contributed by atoms with Crippen molar-refractivity contribution < 1.29 is 0 Å². The van der Waals surface area contributed by atoms with Crippen molar-refractivity contribution in [2.75, 3.05) is 13.6 Å². The Kier molecular flexibility index (Phi) is 4.28. The highest BCUT2D eigenvalue weighted by molar-refractivity contribution is 7.80. The standard InChI is InChI=1S/C9H14N4S/c1-13(9(14)12-10)7-4-8-2-5-11-6-3-8/h2-3,5-6H,4,7,10H2,1H3,(H,12,14). The monoisotopic (exact) mass is 210 g/mol. The first-order chi connectivity index (χ1) is 6.74. The van der Waals surface area contributed by atoms with E-state index in [2.05, 4.69) is 10.4 Å². The van der Waals surface area contributed by atoms with Gasteiger partial charge in [0.05, 0.1) is 0 Å². The Labute approximate surface area is 89.1 Å². The van der Waals surface area contributed by atoms with Crippen LogP contribution in [0.4, 0.5) is 0 Å². The average Bonchev–Trinajstić information content (AvgIpc) is 2.26. The van der Waals surface area contributed by atoms with E-state index < -0.39 is 0 Å². The van der Waals surface area contributed by atoms with Crippen LogP contribution in [0.15, 0.2) is 24.5 Å². The Morgan fingerprint density at radius 2 is 2.21 bits per heavy atom. The summed E-state index contributed by atoms with van der Waals surface area (Å²) in [6.45, 7) is 0.840. The summed E-state index contributed by atoms with van der Waals surface area (Å²) in [4.78, 5) is 5.85. The quantitative estimate of drug-likeness (QED) is 0.427. The molecule has 76 valence electrons. The molecule has 1 aromatic heterocycles. The minimum atomic E-state index is 0.555. The summed E-state index contributed by atoms with van der Waals surface area (Å²) >= 11 is 4.97. The third kappa shape index (κ3) is 3.27. The van der Waals surface area contributed by atoms with Crippen LogP contribution in [0.5, 0.6) is 0 Å². The molecule has 0 unspecified atom stereocenters. The van der Waals surface area contributed by atoms with Gasteiger partial charge in [0.1, 0.15) is 0 Å². The molecule has 1 rings (SSSR count). The largest absolute Gasteiger partial charge is 0.351 e. The maximum absolute atomic E-state index is 5.20. The zero-order valence-corrected chi connectivity index (χ0v) is 8.92. The van der Waals surface area contributed by atoms with Crippen molar-refractivity contribution in [3.63, 3.8) is 0 Å². The van der Waals surface area contributed by atoms with Crippen LogP contribution in [-0.2, 0) is 6.42 Å². The number of thiocarbonyl (C=S) groups is 1. The first kappa shape index (κ1) is 10.9. The second-order valence-electron chi connectivity index (χ2n) is 2.98. The van der Waals surface area contributed by atoms with Gasteiger partial charge in [-0.3, -0.25) is 4.98 Å². The van der Waals surface area contributed by atoms with E-state index in [1.165, 1.54) is 5.56 Å². The zero-order valence-electron chi connectivity index (χ0n) is 8.10. The minimum Gasteiger partial charge on any atom is -0.351 e. The molecular formula is C9H14N4S. The van der Waals surface area contributed by atoms with Crippen LogP contribution in [0.3, 0.4) is 0 Å². The molecule has 0 radical (unpaired) electrons. The summed E-state index contributed by atoms with van der Waals surface area (Å²) in [6.07, 6.45) is 4.50. The maximum atomic E-state index is 5.20. The van der Waals surface area contributed by atoms with Gasteiger partial charge in [-0.25, -0.2) is 5.84 Å². The van der Waals surface area contributed by atoms with Gasteiger partial charge in [0.25, 0.3) is 0 Å². The molecule has 1 heterocycles. The van der Waals surface area contributed by atoms with Gasteiger partial charge in [-0.05, 0) is 36.3 Å². The molecule has 0 saturated carbocycles. The Balaban J connectivity index is 2.38. The second-order valence-corrected chi connectivity index (χ2v) is 3.36. The zero-order chi connectivity index (χ0) is 10.4. The van der Waals surface area contributed by atoms with Gasteiger partial charge < -0.3 is 10.3 Å². The van der Waals surface area contributed by atoms with E-state index in [-0.39, 0.29) is 0 Å². The van der Waals surface area contributed by atoms with Crippen molar-refractivity contribution in [3.05, 3.63) is 30.1 Å². The molecule has 4 nitrogen and oxygen atoms in total. The highest BCUT2D eigenvalue weighted by atomic mass is 32.1. The molecule has 0 saturated heterocycles. The van der Waals surface area contributed by atoms with Crippen molar-refractivity contribution in [3.8, 4) is 0 Å². The van der Waals surface area contributed by atoms with Crippen molar-refractivity contribution >= 4 is 17.3 Å². The molecule has 0 fully saturated rings. The molecule has 0 amide bonds. The van der Waals surface area contributed by atoms with Crippen LogP contribution in [0, 0.1) is 0 Å². The van der Waals surface area contributed by atoms with E-state index in [9.17, 15) is 0 Å². The Hall–Kier alpha value is -1.20. The lowest BCUT2D eigenvalue weighted by Crippen LogP contribution is -2.41. The number of aromatic nitrogens is 1. The second kappa shape index (κ2) is 5.51. The SMILES string of the molecule is CN(CCc1ccncc1)C(=S)NN. The molecule has 0 aliphatic rings. The fourth-order valence-electron chi connectivity index (χ4n) is 1.06. The number of nitrogens with two attached hydrogens (primary N) is 1. The molecule has 14 heavy (non-hydrogen) atoms. The number of rotatable bonds is 3. The predicted octanol–water partition coefficient (Wildman–Crippen LogP) is 0.304. The molecule has 1 aromatic rings. The summed E-state index contributed by atoms with van der Waals surface area (Å²) in [7, 11) is 1.91. The number of hydrogen-bond donors (Lipinski definition) is 2. The average molecular weight is 210 g/mol. The van der Waals surface area contributed by atoms with Gasteiger partial charge in [0, 0.05) is 26.0 Å². The van der Waals surface area contributed by atoms with Gasteiger partial charge in [-0.2, -0.15) is 0 Å². The van der Waals surface area contributed by atoms with E-state index in [1.54, 1.807) is 12.4 Å². The third-order valence-electron chi connectivity index (χ3n) is 1.96. The highest BCUT2D eigenvalue weighted by Gasteiger charge is 2.01. The number of likely N-dealkylation sites (N-methyl/N-ethyl adjacent to an activating group) is 1. The smallest absolute Gasteiger partial charge is 0.182 e. The maximum Gasteiger partial charge on any atom is 0.182 e. The van der Waals surface area contributed by atoms with Crippen LogP contribution >= 0.6 is 12.2 Å². The van der Waals surface area contributed by atoms with Crippen LogP contribution in [0.2, 0.25) is 0 Å². The molecule has 0 aliphatic carbocycles. The summed E-state index contributed by atoms with van der Waals surface area (Å²) < 4.78 is 0. The van der Waals surface area contributed by atoms with Gasteiger partial charge >= 0.3 is 0 Å². The lowest BCUT2D eigenvalue weighted by Gasteiger charge is -2.18. The molecule has 3 N–H and O–H groups in total. The molecule has 0 bridgehead atoms. The minimum absolute atomic E-state index is 0.555. The van der Waals surface area contributed by atoms with Gasteiger partial charge in [0.2, 0.25) is 0 Å². The highest BCUT2D eigenvalue weighted by Crippen LogP contribution is 1.98. The lowest BCUT2D eigenvalue weighted by atomic mass is 10.2. The van der Waals surface area contributed by atoms with Gasteiger partial charge in [-0.1, -0.05) is 0 Å². The number of pyridine rings is 1. The Morgan fingerprint density at radius 1 is 1.57 bits per heavy atom. The van der Waals surface area contributed by atoms with Gasteiger partial charge in [0.15, 0.2) is 5.11 Å². The van der Waals surface area contributed by atoms with Crippen LogP contribution in [0.25, 0.3) is 0 Å². The first-order valence-corrected chi connectivity index (χ1v) is 4.75. The van der Waals surface area contributed by atoms with E-state index in [0.717, 1.165) is 13.0 Å². The molecule has 0 aromatic carbocycles. The lowest BCUT2D eigenvalue weighted by molar-refractivity contribution is 0.499. The Bertz CT molecular complexity index is 288. The van der Waals surface area contributed by atoms with Crippen molar-refractivity contribution in [1.82, 2.24) is 15.3 Å². The topological polar surface area (TPSA) is 54.2 Å². The summed E-state index contributed by atoms with van der Waals surface area (Å²) in [5.74, 6) is 5.20.